The molecule has 3 atom stereocenters. The topological polar surface area (TPSA) is 50.4 Å². The first-order chi connectivity index (χ1) is 7.27. The molecule has 4 nitrogen and oxygen atoms in total. The fourth-order valence-corrected chi connectivity index (χ4v) is 2.30. The number of hydrogen-bond acceptors (Lipinski definition) is 3. The molecule has 2 saturated heterocycles. The fraction of sp³-hybridized carbons (Fsp3) is 0.909. The number of nitrogens with one attached hydrogen (secondary N) is 2. The predicted octanol–water partition coefficient (Wildman–Crippen LogP) is 0.137. The summed E-state index contributed by atoms with van der Waals surface area (Å²) in [6, 6.07) is 0. The first kappa shape index (κ1) is 10.9. The second-order valence-electron chi connectivity index (χ2n) is 4.56. The SMILES string of the molecule is CC1OCCC1CNC(=O)C1CCNC1. The zero-order chi connectivity index (χ0) is 10.7. The standard InChI is InChI=1S/C11H20N2O2/c1-8-9(3-5-15-8)7-13-11(14)10-2-4-12-6-10/h8-10,12H,2-7H2,1H3,(H,13,14). The van der Waals surface area contributed by atoms with E-state index >= 15 is 0 Å². The van der Waals surface area contributed by atoms with Crippen LogP contribution in [0.25, 0.3) is 0 Å². The lowest BCUT2D eigenvalue weighted by molar-refractivity contribution is -0.124. The summed E-state index contributed by atoms with van der Waals surface area (Å²) in [5, 5.41) is 6.24. The highest BCUT2D eigenvalue weighted by Crippen LogP contribution is 2.19. The van der Waals surface area contributed by atoms with E-state index < -0.39 is 0 Å². The third-order valence-electron chi connectivity index (χ3n) is 3.50. The minimum absolute atomic E-state index is 0.183. The van der Waals surface area contributed by atoms with E-state index in [9.17, 15) is 4.79 Å². The van der Waals surface area contributed by atoms with Crippen LogP contribution in [-0.4, -0.2) is 38.3 Å². The molecular formula is C11H20N2O2. The monoisotopic (exact) mass is 212 g/mol. The first-order valence-corrected chi connectivity index (χ1v) is 5.87. The van der Waals surface area contributed by atoms with Gasteiger partial charge in [0.25, 0.3) is 0 Å². The van der Waals surface area contributed by atoms with E-state index in [4.69, 9.17) is 4.74 Å². The van der Waals surface area contributed by atoms with E-state index in [0.717, 1.165) is 39.1 Å². The maximum Gasteiger partial charge on any atom is 0.224 e. The normalized spacial score (nSPS) is 35.7. The molecule has 0 aromatic heterocycles. The van der Waals surface area contributed by atoms with Gasteiger partial charge >= 0.3 is 0 Å². The Morgan fingerprint density at radius 2 is 2.40 bits per heavy atom. The van der Waals surface area contributed by atoms with Gasteiger partial charge in [-0.2, -0.15) is 0 Å². The Hall–Kier alpha value is -0.610. The van der Waals surface area contributed by atoms with Crippen LogP contribution in [0, 0.1) is 11.8 Å². The van der Waals surface area contributed by atoms with Gasteiger partial charge in [0, 0.05) is 25.6 Å². The molecule has 3 unspecified atom stereocenters. The minimum Gasteiger partial charge on any atom is -0.378 e. The Labute approximate surface area is 90.8 Å². The number of carbonyl (C=O) groups is 1. The molecule has 0 saturated carbocycles. The molecule has 0 aliphatic carbocycles. The summed E-state index contributed by atoms with van der Waals surface area (Å²) < 4.78 is 5.46. The average Bonchev–Trinajstić information content (AvgIpc) is 2.85. The summed E-state index contributed by atoms with van der Waals surface area (Å²) in [7, 11) is 0. The molecule has 2 rings (SSSR count). The lowest BCUT2D eigenvalue weighted by Gasteiger charge is -2.16. The van der Waals surface area contributed by atoms with Crippen LogP contribution in [0.15, 0.2) is 0 Å². The van der Waals surface area contributed by atoms with Crippen LogP contribution in [0.2, 0.25) is 0 Å². The van der Waals surface area contributed by atoms with Crippen molar-refractivity contribution in [3.05, 3.63) is 0 Å². The van der Waals surface area contributed by atoms with E-state index in [1.54, 1.807) is 0 Å². The second kappa shape index (κ2) is 4.94. The Kier molecular flexibility index (Phi) is 3.59. The first-order valence-electron chi connectivity index (χ1n) is 5.87. The van der Waals surface area contributed by atoms with Crippen LogP contribution in [-0.2, 0) is 9.53 Å². The summed E-state index contributed by atoms with van der Waals surface area (Å²) in [6.07, 6.45) is 2.35. The zero-order valence-electron chi connectivity index (χ0n) is 9.29. The van der Waals surface area contributed by atoms with E-state index in [1.165, 1.54) is 0 Å². The molecule has 0 spiro atoms. The predicted molar refractivity (Wildman–Crippen MR) is 57.5 cm³/mol. The lowest BCUT2D eigenvalue weighted by Crippen LogP contribution is -2.36. The largest absolute Gasteiger partial charge is 0.378 e. The third-order valence-corrected chi connectivity index (χ3v) is 3.50. The van der Waals surface area contributed by atoms with E-state index in [0.29, 0.717) is 12.0 Å². The molecule has 0 aromatic rings. The van der Waals surface area contributed by atoms with Crippen molar-refractivity contribution in [3.8, 4) is 0 Å². The van der Waals surface area contributed by atoms with Gasteiger partial charge in [-0.25, -0.2) is 0 Å². The van der Waals surface area contributed by atoms with Crippen molar-refractivity contribution in [1.82, 2.24) is 10.6 Å². The summed E-state index contributed by atoms with van der Waals surface area (Å²) in [4.78, 5) is 11.7. The zero-order valence-corrected chi connectivity index (χ0v) is 9.29. The molecule has 2 heterocycles. The van der Waals surface area contributed by atoms with Gasteiger partial charge in [0.1, 0.15) is 0 Å². The van der Waals surface area contributed by atoms with Crippen molar-refractivity contribution < 1.29 is 9.53 Å². The quantitative estimate of drug-likeness (QED) is 0.699. The molecule has 1 amide bonds. The Morgan fingerprint density at radius 3 is 3.00 bits per heavy atom. The van der Waals surface area contributed by atoms with Crippen LogP contribution in [0.4, 0.5) is 0 Å². The molecule has 86 valence electrons. The highest BCUT2D eigenvalue weighted by Gasteiger charge is 2.27. The summed E-state index contributed by atoms with van der Waals surface area (Å²) in [6.45, 7) is 5.51. The van der Waals surface area contributed by atoms with E-state index in [-0.39, 0.29) is 11.8 Å². The van der Waals surface area contributed by atoms with E-state index in [2.05, 4.69) is 17.6 Å². The van der Waals surface area contributed by atoms with Gasteiger partial charge in [0.05, 0.1) is 12.0 Å². The molecule has 4 heteroatoms. The second-order valence-corrected chi connectivity index (χ2v) is 4.56. The van der Waals surface area contributed by atoms with Crippen molar-refractivity contribution in [2.45, 2.75) is 25.9 Å². The molecule has 2 aliphatic rings. The van der Waals surface area contributed by atoms with Crippen LogP contribution < -0.4 is 10.6 Å². The van der Waals surface area contributed by atoms with Gasteiger partial charge in [-0.3, -0.25) is 4.79 Å². The average molecular weight is 212 g/mol. The summed E-state index contributed by atoms with van der Waals surface area (Å²) in [5.41, 5.74) is 0. The number of hydrogen-bond donors (Lipinski definition) is 2. The van der Waals surface area contributed by atoms with Crippen molar-refractivity contribution in [1.29, 1.82) is 0 Å². The van der Waals surface area contributed by atoms with Gasteiger partial charge in [0.2, 0.25) is 5.91 Å². The number of amides is 1. The molecule has 0 radical (unpaired) electrons. The number of carbonyl (C=O) groups excluding carboxylic acids is 1. The third kappa shape index (κ3) is 2.69. The van der Waals surface area contributed by atoms with Gasteiger partial charge < -0.3 is 15.4 Å². The van der Waals surface area contributed by atoms with Crippen LogP contribution >= 0.6 is 0 Å². The molecular weight excluding hydrogens is 192 g/mol. The molecule has 0 aromatic carbocycles. The van der Waals surface area contributed by atoms with Gasteiger partial charge in [-0.05, 0) is 26.3 Å². The smallest absolute Gasteiger partial charge is 0.224 e. The minimum atomic E-state index is 0.183. The number of ether oxygens (including phenoxy) is 1. The molecule has 15 heavy (non-hydrogen) atoms. The van der Waals surface area contributed by atoms with Crippen molar-refractivity contribution in [2.24, 2.45) is 11.8 Å². The number of rotatable bonds is 3. The van der Waals surface area contributed by atoms with Gasteiger partial charge in [0.15, 0.2) is 0 Å². The van der Waals surface area contributed by atoms with Crippen molar-refractivity contribution >= 4 is 5.91 Å². The summed E-state index contributed by atoms with van der Waals surface area (Å²) >= 11 is 0. The van der Waals surface area contributed by atoms with Crippen LogP contribution in [0.1, 0.15) is 19.8 Å². The molecule has 2 aliphatic heterocycles. The maximum absolute atomic E-state index is 11.7. The molecule has 0 bridgehead atoms. The molecule has 2 fully saturated rings. The van der Waals surface area contributed by atoms with Crippen molar-refractivity contribution in [2.75, 3.05) is 26.2 Å². The van der Waals surface area contributed by atoms with E-state index in [1.807, 2.05) is 0 Å². The lowest BCUT2D eigenvalue weighted by atomic mass is 10.0. The Bertz CT molecular complexity index is 227. The fourth-order valence-electron chi connectivity index (χ4n) is 2.30. The van der Waals surface area contributed by atoms with Crippen LogP contribution in [0.3, 0.4) is 0 Å². The van der Waals surface area contributed by atoms with Crippen LogP contribution in [0.5, 0.6) is 0 Å². The summed E-state index contributed by atoms with van der Waals surface area (Å²) in [5.74, 6) is 0.894. The highest BCUT2D eigenvalue weighted by molar-refractivity contribution is 5.79. The maximum atomic E-state index is 11.7. The Balaban J connectivity index is 1.70. The molecule has 2 N–H and O–H groups in total. The highest BCUT2D eigenvalue weighted by atomic mass is 16.5. The van der Waals surface area contributed by atoms with Crippen molar-refractivity contribution in [3.63, 3.8) is 0 Å². The van der Waals surface area contributed by atoms with Gasteiger partial charge in [-0.15, -0.1) is 0 Å². The Morgan fingerprint density at radius 1 is 1.53 bits per heavy atom. The van der Waals surface area contributed by atoms with Gasteiger partial charge in [-0.1, -0.05) is 0 Å².